The molecule has 1 fully saturated rings. The summed E-state index contributed by atoms with van der Waals surface area (Å²) in [6.45, 7) is 3.64. The van der Waals surface area contributed by atoms with Crippen molar-refractivity contribution in [3.63, 3.8) is 0 Å². The quantitative estimate of drug-likeness (QED) is 0.793. The molecule has 0 spiro atoms. The number of carbonyl (C=O) groups excluding carboxylic acids is 1. The number of aryl methyl sites for hydroxylation is 1. The van der Waals surface area contributed by atoms with E-state index in [1.807, 2.05) is 25.1 Å². The normalized spacial score (nSPS) is 17.1. The molecule has 1 aromatic rings. The lowest BCUT2D eigenvalue weighted by molar-refractivity contribution is 0.0904. The maximum absolute atomic E-state index is 10.9. The molecule has 2 rings (SSSR count). The lowest BCUT2D eigenvalue weighted by atomic mass is 10.1. The Kier molecular flexibility index (Phi) is 3.57. The molecule has 0 bridgehead atoms. The number of hydrogen-bond donors (Lipinski definition) is 1. The third-order valence-corrected chi connectivity index (χ3v) is 2.92. The SMILES string of the molecule is Cc1ccc(C=O)c(NC2CCOCC2)c1. The average Bonchev–Trinajstić information content (AvgIpc) is 2.31. The van der Waals surface area contributed by atoms with Gasteiger partial charge in [-0.3, -0.25) is 4.79 Å². The average molecular weight is 219 g/mol. The first kappa shape index (κ1) is 11.1. The third kappa shape index (κ3) is 2.61. The molecule has 1 heterocycles. The van der Waals surface area contributed by atoms with Crippen LogP contribution in [0.15, 0.2) is 18.2 Å². The van der Waals surface area contributed by atoms with Gasteiger partial charge in [0.1, 0.15) is 0 Å². The number of ether oxygens (including phenoxy) is 1. The van der Waals surface area contributed by atoms with Crippen molar-refractivity contribution in [2.45, 2.75) is 25.8 Å². The summed E-state index contributed by atoms with van der Waals surface area (Å²) >= 11 is 0. The predicted octanol–water partition coefficient (Wildman–Crippen LogP) is 2.40. The molecular formula is C13H17NO2. The molecule has 1 aliphatic rings. The topological polar surface area (TPSA) is 38.3 Å². The van der Waals surface area contributed by atoms with Crippen LogP contribution in [0.4, 0.5) is 5.69 Å². The van der Waals surface area contributed by atoms with E-state index in [0.29, 0.717) is 6.04 Å². The van der Waals surface area contributed by atoms with Crippen molar-refractivity contribution in [3.8, 4) is 0 Å². The van der Waals surface area contributed by atoms with Crippen LogP contribution in [-0.2, 0) is 4.74 Å². The molecule has 0 saturated carbocycles. The summed E-state index contributed by atoms with van der Waals surface area (Å²) in [5.41, 5.74) is 2.85. The van der Waals surface area contributed by atoms with Gasteiger partial charge in [0.2, 0.25) is 0 Å². The smallest absolute Gasteiger partial charge is 0.152 e. The Bertz CT molecular complexity index is 370. The van der Waals surface area contributed by atoms with Crippen LogP contribution in [0.5, 0.6) is 0 Å². The van der Waals surface area contributed by atoms with E-state index in [2.05, 4.69) is 5.32 Å². The molecule has 0 radical (unpaired) electrons. The van der Waals surface area contributed by atoms with Gasteiger partial charge in [0.05, 0.1) is 0 Å². The fourth-order valence-corrected chi connectivity index (χ4v) is 1.96. The number of nitrogens with one attached hydrogen (secondary N) is 1. The molecule has 1 aliphatic heterocycles. The van der Waals surface area contributed by atoms with Crippen molar-refractivity contribution in [2.75, 3.05) is 18.5 Å². The molecule has 3 heteroatoms. The number of benzene rings is 1. The Morgan fingerprint density at radius 2 is 2.12 bits per heavy atom. The Labute approximate surface area is 95.8 Å². The summed E-state index contributed by atoms with van der Waals surface area (Å²) in [5, 5.41) is 3.43. The van der Waals surface area contributed by atoms with Gasteiger partial charge in [0.15, 0.2) is 6.29 Å². The molecule has 3 nitrogen and oxygen atoms in total. The third-order valence-electron chi connectivity index (χ3n) is 2.92. The van der Waals surface area contributed by atoms with Crippen molar-refractivity contribution >= 4 is 12.0 Å². The van der Waals surface area contributed by atoms with E-state index in [0.717, 1.165) is 43.6 Å². The molecule has 1 saturated heterocycles. The van der Waals surface area contributed by atoms with Crippen LogP contribution in [0.2, 0.25) is 0 Å². The largest absolute Gasteiger partial charge is 0.382 e. The van der Waals surface area contributed by atoms with Gasteiger partial charge in [-0.05, 0) is 37.5 Å². The second-order valence-corrected chi connectivity index (χ2v) is 4.24. The Morgan fingerprint density at radius 1 is 1.38 bits per heavy atom. The van der Waals surface area contributed by atoms with Crippen molar-refractivity contribution in [1.82, 2.24) is 0 Å². The van der Waals surface area contributed by atoms with E-state index in [1.54, 1.807) is 0 Å². The number of carbonyl (C=O) groups is 1. The molecule has 1 aromatic carbocycles. The highest BCUT2D eigenvalue weighted by Gasteiger charge is 2.14. The summed E-state index contributed by atoms with van der Waals surface area (Å²) in [7, 11) is 0. The first-order valence-corrected chi connectivity index (χ1v) is 5.69. The monoisotopic (exact) mass is 219 g/mol. The number of anilines is 1. The van der Waals surface area contributed by atoms with E-state index in [1.165, 1.54) is 5.56 Å². The van der Waals surface area contributed by atoms with E-state index in [4.69, 9.17) is 4.74 Å². The van der Waals surface area contributed by atoms with Crippen LogP contribution in [0, 0.1) is 6.92 Å². The van der Waals surface area contributed by atoms with Crippen LogP contribution in [0.1, 0.15) is 28.8 Å². The summed E-state index contributed by atoms with van der Waals surface area (Å²) < 4.78 is 5.31. The zero-order valence-electron chi connectivity index (χ0n) is 9.53. The maximum atomic E-state index is 10.9. The molecule has 1 N–H and O–H groups in total. The highest BCUT2D eigenvalue weighted by atomic mass is 16.5. The molecule has 86 valence electrons. The fraction of sp³-hybridized carbons (Fsp3) is 0.462. The van der Waals surface area contributed by atoms with Crippen molar-refractivity contribution in [1.29, 1.82) is 0 Å². The highest BCUT2D eigenvalue weighted by Crippen LogP contribution is 2.19. The standard InChI is InChI=1S/C13H17NO2/c1-10-2-3-11(9-15)13(8-10)14-12-4-6-16-7-5-12/h2-3,8-9,12,14H,4-7H2,1H3. The van der Waals surface area contributed by atoms with Gasteiger partial charge in [0, 0.05) is 30.5 Å². The molecule has 0 aromatic heterocycles. The molecule has 0 atom stereocenters. The van der Waals surface area contributed by atoms with Gasteiger partial charge in [-0.15, -0.1) is 0 Å². The van der Waals surface area contributed by atoms with Crippen LogP contribution < -0.4 is 5.32 Å². The van der Waals surface area contributed by atoms with Gasteiger partial charge < -0.3 is 10.1 Å². The molecule has 16 heavy (non-hydrogen) atoms. The van der Waals surface area contributed by atoms with E-state index in [-0.39, 0.29) is 0 Å². The number of aldehydes is 1. The summed E-state index contributed by atoms with van der Waals surface area (Å²) in [6, 6.07) is 6.27. The first-order chi connectivity index (χ1) is 7.79. The molecular weight excluding hydrogens is 202 g/mol. The summed E-state index contributed by atoms with van der Waals surface area (Å²) in [5.74, 6) is 0. The van der Waals surface area contributed by atoms with Crippen LogP contribution in [-0.4, -0.2) is 25.5 Å². The first-order valence-electron chi connectivity index (χ1n) is 5.69. The van der Waals surface area contributed by atoms with Gasteiger partial charge in [-0.2, -0.15) is 0 Å². The lowest BCUT2D eigenvalue weighted by Gasteiger charge is -2.25. The second kappa shape index (κ2) is 5.12. The van der Waals surface area contributed by atoms with E-state index < -0.39 is 0 Å². The summed E-state index contributed by atoms with van der Waals surface area (Å²) in [4.78, 5) is 10.9. The minimum atomic E-state index is 0.425. The van der Waals surface area contributed by atoms with Crippen molar-refractivity contribution in [3.05, 3.63) is 29.3 Å². The second-order valence-electron chi connectivity index (χ2n) is 4.24. The fourth-order valence-electron chi connectivity index (χ4n) is 1.96. The molecule has 0 amide bonds. The van der Waals surface area contributed by atoms with Gasteiger partial charge in [-0.25, -0.2) is 0 Å². The highest BCUT2D eigenvalue weighted by molar-refractivity contribution is 5.84. The Morgan fingerprint density at radius 3 is 2.81 bits per heavy atom. The zero-order valence-corrected chi connectivity index (χ0v) is 9.53. The van der Waals surface area contributed by atoms with Gasteiger partial charge in [0.25, 0.3) is 0 Å². The Balaban J connectivity index is 2.12. The number of hydrogen-bond acceptors (Lipinski definition) is 3. The van der Waals surface area contributed by atoms with Crippen molar-refractivity contribution in [2.24, 2.45) is 0 Å². The van der Waals surface area contributed by atoms with Crippen LogP contribution in [0.3, 0.4) is 0 Å². The number of rotatable bonds is 3. The summed E-state index contributed by atoms with van der Waals surface area (Å²) in [6.07, 6.45) is 2.92. The maximum Gasteiger partial charge on any atom is 0.152 e. The molecule has 0 unspecified atom stereocenters. The zero-order chi connectivity index (χ0) is 11.4. The van der Waals surface area contributed by atoms with Crippen LogP contribution >= 0.6 is 0 Å². The van der Waals surface area contributed by atoms with E-state index >= 15 is 0 Å². The van der Waals surface area contributed by atoms with Crippen LogP contribution in [0.25, 0.3) is 0 Å². The Hall–Kier alpha value is -1.35. The lowest BCUT2D eigenvalue weighted by Crippen LogP contribution is -2.28. The van der Waals surface area contributed by atoms with E-state index in [9.17, 15) is 4.79 Å². The van der Waals surface area contributed by atoms with Gasteiger partial charge in [-0.1, -0.05) is 6.07 Å². The predicted molar refractivity (Wildman–Crippen MR) is 64.0 cm³/mol. The molecule has 0 aliphatic carbocycles. The minimum Gasteiger partial charge on any atom is -0.382 e. The van der Waals surface area contributed by atoms with Crippen molar-refractivity contribution < 1.29 is 9.53 Å². The van der Waals surface area contributed by atoms with Gasteiger partial charge >= 0.3 is 0 Å². The minimum absolute atomic E-state index is 0.425.